The molecule has 0 aliphatic carbocycles. The van der Waals surface area contributed by atoms with Gasteiger partial charge in [-0.15, -0.1) is 53.0 Å². The minimum absolute atomic E-state index is 0. The number of imidazole rings is 4. The average Bonchev–Trinajstić information content (AvgIpc) is 1.73. The Bertz CT molecular complexity index is 5430. The number of hydrogen-bond acceptors (Lipinski definition) is 15. The summed E-state index contributed by atoms with van der Waals surface area (Å²) in [6, 6.07) is 66.5. The molecule has 2 N–H and O–H groups in total. The molecular weight excluding hydrogens is 2550 g/mol. The van der Waals surface area contributed by atoms with Crippen molar-refractivity contribution in [2.75, 3.05) is 0 Å². The number of aryl methyl sites for hydroxylation is 5. The predicted molar refractivity (Wildman–Crippen MR) is 420 cm³/mol. The Balaban J connectivity index is 0.000000206. The number of thiazole rings is 2. The smallest absolute Gasteiger partial charge is 0.172 e. The molecular formula is C83H70Ir5N18O3PtS3-6. The van der Waals surface area contributed by atoms with Gasteiger partial charge in [-0.2, -0.15) is 29.5 Å². The normalized spacial score (nSPS) is 10.1. The average molecular weight is 2620 g/mol. The zero-order valence-corrected chi connectivity index (χ0v) is 77.9. The number of hydrogen-bond donors (Lipinski definition) is 2. The van der Waals surface area contributed by atoms with Crippen LogP contribution >= 0.6 is 34.0 Å². The number of aliphatic hydroxyl groups excluding tert-OH is 1. The van der Waals surface area contributed by atoms with Crippen LogP contribution in [0.5, 0.6) is 0 Å². The zero-order chi connectivity index (χ0) is 74.3. The van der Waals surface area contributed by atoms with Gasteiger partial charge >= 0.3 is 0 Å². The number of pyridine rings is 1. The number of aliphatic hydroxyl groups is 1. The van der Waals surface area contributed by atoms with Gasteiger partial charge in [0.2, 0.25) is 0 Å². The maximum atomic E-state index is 10.0. The summed E-state index contributed by atoms with van der Waals surface area (Å²) in [6.07, 6.45) is 39.1. The van der Waals surface area contributed by atoms with Gasteiger partial charge in [-0.05, 0) is 75.5 Å². The first-order chi connectivity index (χ1) is 52.3. The number of nitrogens with zero attached hydrogens (tertiary/aromatic N) is 17. The van der Waals surface area contributed by atoms with Crippen molar-refractivity contribution in [3.8, 4) is 102 Å². The molecule has 0 atom stereocenters. The molecule has 5 radical (unpaired) electrons. The molecule has 0 saturated heterocycles. The molecule has 18 aromatic rings. The van der Waals surface area contributed by atoms with E-state index in [1.165, 1.54) is 41.6 Å². The van der Waals surface area contributed by atoms with Gasteiger partial charge in [-0.25, -0.2) is 10.1 Å². The summed E-state index contributed by atoms with van der Waals surface area (Å²) < 4.78 is 20.4. The molecule has 0 aliphatic heterocycles. The number of benzene rings is 4. The van der Waals surface area contributed by atoms with Crippen LogP contribution in [0.3, 0.4) is 0 Å². The fraction of sp³-hybridized carbons (Fsp3) is 0.0843. The van der Waals surface area contributed by atoms with E-state index < -0.39 is 0 Å². The number of carbonyl (C=O) groups excluding carboxylic acids is 1. The predicted octanol–water partition coefficient (Wildman–Crippen LogP) is 18.0. The molecule has 589 valence electrons. The summed E-state index contributed by atoms with van der Waals surface area (Å²) in [5.41, 5.74) is 14.6. The second kappa shape index (κ2) is 46.6. The van der Waals surface area contributed by atoms with E-state index in [4.69, 9.17) is 9.52 Å². The van der Waals surface area contributed by atoms with Crippen molar-refractivity contribution in [2.24, 2.45) is 14.1 Å². The Morgan fingerprint density at radius 1 is 0.513 bits per heavy atom. The minimum atomic E-state index is -0.125. The van der Waals surface area contributed by atoms with Gasteiger partial charge in [0, 0.05) is 212 Å². The van der Waals surface area contributed by atoms with Crippen LogP contribution in [0.15, 0.2) is 296 Å². The van der Waals surface area contributed by atoms with Crippen LogP contribution in [0, 0.1) is 58.1 Å². The summed E-state index contributed by atoms with van der Waals surface area (Å²) in [5, 5.41) is 15.3. The fourth-order valence-corrected chi connectivity index (χ4v) is 12.8. The van der Waals surface area contributed by atoms with Crippen LogP contribution in [-0.2, 0) is 140 Å². The van der Waals surface area contributed by atoms with Crippen LogP contribution < -0.4 is 0 Å². The second-order valence-corrected chi connectivity index (χ2v) is 26.7. The van der Waals surface area contributed by atoms with Crippen molar-refractivity contribution in [2.45, 2.75) is 34.6 Å². The molecule has 30 heteroatoms. The summed E-state index contributed by atoms with van der Waals surface area (Å²) >= 11 is 5.03. The van der Waals surface area contributed by atoms with E-state index in [-0.39, 0.29) is 133 Å². The van der Waals surface area contributed by atoms with E-state index in [0.29, 0.717) is 0 Å². The van der Waals surface area contributed by atoms with Gasteiger partial charge in [-0.1, -0.05) is 215 Å². The Hall–Kier alpha value is -9.48. The molecule has 4 aromatic carbocycles. The Labute approximate surface area is 748 Å². The van der Waals surface area contributed by atoms with Crippen molar-refractivity contribution in [1.29, 1.82) is 0 Å². The summed E-state index contributed by atoms with van der Waals surface area (Å²) in [7, 11) is 3.94. The number of thiophene rings is 1. The first-order valence-electron chi connectivity index (χ1n) is 33.4. The van der Waals surface area contributed by atoms with Crippen LogP contribution in [0.25, 0.3) is 102 Å². The molecule has 21 nitrogen and oxygen atoms in total. The molecule has 0 unspecified atom stereocenters. The molecule has 0 aliphatic rings. The van der Waals surface area contributed by atoms with Crippen molar-refractivity contribution in [3.63, 3.8) is 0 Å². The van der Waals surface area contributed by atoms with Crippen LogP contribution in [0.1, 0.15) is 28.5 Å². The standard InChI is InChI=1S/2C14H12N3.2C13H10N3S.C12H8N3O.C12H10N3S.C5H8O2.5Ir.Pt/c1-16-11-9-15-14(16)17-10-5-8-13(17)12-6-3-2-4-7-12;1-16-10-14(15-11-16)17-9-5-8-13(17)12-6-3-2-4-7-12;1-10-13(15-9-17-10)16-8-14-7-12(16)11-5-3-2-4-6-11;1-10-12(15-9-17-10)16-8-7-14-13(16)11-5-3-2-4-6-11;1-2-11(10-3-5-13-6-4-10)15(7-1)12-8-16-9-14-12;1-9-4-5-11(16-9)10-3-2-8-15(10)12-6-7-13-14-12;1-4(6)3-5(2)7;;;;;;/h2-9,11H,1H3;2-8,10-11H,1H3;2*2-7,9H,1H3;1-6,8-9H;2-7H,1H3,(H,13,14);3,6H,1-2H3;;;;;;/q6*-1;;;;;;;. The minimum Gasteiger partial charge on any atom is -0.512 e. The largest absolute Gasteiger partial charge is 0.512 e. The Kier molecular flexibility index (Phi) is 38.1. The number of allylic oxidation sites excluding steroid dienone is 2. The molecule has 0 spiro atoms. The molecule has 113 heavy (non-hydrogen) atoms. The summed E-state index contributed by atoms with van der Waals surface area (Å²) in [5.74, 6) is 5.97. The number of carbonyl (C=O) groups is 1. The SMILES string of the molecule is CC(=O)C=C(C)O.Cc1ccc(-c2cc[c-]n2-c2cc[nH]n2)s1.Cc1scnc1-n1[c-]cnc1-c1ccccc1.Cc1scnc1-n1[c-]ncc1-c1ccccc1.Cn1ccnc1-n1[c-]ccc1-c1ccccc1.Cn1cnc(-n2[c-]ccc2-c2ccccc2)c1.[Ir].[Ir].[Ir].[Ir].[Ir].[Pt].[c-]1ccc(-c2ccncc2)n1-c1cocn1. The van der Waals surface area contributed by atoms with E-state index in [1.807, 2.05) is 232 Å². The fourth-order valence-electron chi connectivity index (χ4n) is 10.8. The number of rotatable bonds is 13. The number of aromatic nitrogens is 18. The van der Waals surface area contributed by atoms with Crippen LogP contribution in [0.2, 0.25) is 0 Å². The molecule has 0 fully saturated rings. The van der Waals surface area contributed by atoms with Gasteiger partial charge in [-0.3, -0.25) is 34.8 Å². The number of oxazole rings is 1. The first-order valence-corrected chi connectivity index (χ1v) is 35.9. The van der Waals surface area contributed by atoms with E-state index >= 15 is 0 Å². The monoisotopic (exact) mass is 2620 g/mol. The molecule has 14 aromatic heterocycles. The summed E-state index contributed by atoms with van der Waals surface area (Å²) in [4.78, 5) is 48.8. The van der Waals surface area contributed by atoms with Gasteiger partial charge in [0.05, 0.1) is 52.6 Å². The third kappa shape index (κ3) is 24.8. The zero-order valence-electron chi connectivity index (χ0n) is 61.2. The topological polar surface area (TPSA) is 222 Å². The Morgan fingerprint density at radius 3 is 1.49 bits per heavy atom. The van der Waals surface area contributed by atoms with Gasteiger partial charge in [0.25, 0.3) is 0 Å². The van der Waals surface area contributed by atoms with Crippen molar-refractivity contribution in [1.82, 2.24) is 86.6 Å². The molecule has 0 amide bonds. The maximum Gasteiger partial charge on any atom is 0.172 e. The van der Waals surface area contributed by atoms with E-state index in [2.05, 4.69) is 163 Å². The number of nitrogens with one attached hydrogen (secondary N) is 1. The molecule has 0 bridgehead atoms. The first kappa shape index (κ1) is 92.4. The van der Waals surface area contributed by atoms with E-state index in [1.54, 1.807) is 71.4 Å². The van der Waals surface area contributed by atoms with Crippen LogP contribution in [0.4, 0.5) is 0 Å². The second-order valence-electron chi connectivity index (χ2n) is 23.3. The van der Waals surface area contributed by atoms with E-state index in [9.17, 15) is 4.79 Å². The third-order valence-corrected chi connectivity index (χ3v) is 18.2. The van der Waals surface area contributed by atoms with Crippen molar-refractivity contribution < 1.29 is 136 Å². The van der Waals surface area contributed by atoms with Gasteiger partial charge in [0.1, 0.15) is 5.95 Å². The summed E-state index contributed by atoms with van der Waals surface area (Å²) in [6.45, 7) is 9.06. The number of ketones is 1. The van der Waals surface area contributed by atoms with Gasteiger partial charge in [0.15, 0.2) is 12.2 Å². The van der Waals surface area contributed by atoms with Gasteiger partial charge < -0.3 is 56.0 Å². The molecule has 0 saturated carbocycles. The molecule has 14 heterocycles. The van der Waals surface area contributed by atoms with Crippen molar-refractivity contribution in [3.05, 3.63) is 344 Å². The third-order valence-electron chi connectivity index (χ3n) is 15.7. The number of H-pyrrole nitrogens is 1. The molecule has 18 rings (SSSR count). The maximum absolute atomic E-state index is 10.0. The van der Waals surface area contributed by atoms with E-state index in [0.717, 1.165) is 101 Å². The quantitative estimate of drug-likeness (QED) is 0.0625. The Morgan fingerprint density at radius 2 is 1.03 bits per heavy atom. The van der Waals surface area contributed by atoms with Crippen molar-refractivity contribution >= 4 is 39.8 Å². The number of aromatic amines is 1. The van der Waals surface area contributed by atoms with Crippen LogP contribution in [-0.4, -0.2) is 97.5 Å².